The lowest BCUT2D eigenvalue weighted by atomic mass is 10.2. The van der Waals surface area contributed by atoms with Crippen LogP contribution in [0.15, 0.2) is 54.3 Å². The number of ether oxygens (including phenoxy) is 1. The van der Waals surface area contributed by atoms with Crippen LogP contribution in [0.5, 0.6) is 11.6 Å². The van der Waals surface area contributed by atoms with Crippen LogP contribution in [-0.4, -0.2) is 15.0 Å². The zero-order chi connectivity index (χ0) is 13.4. The van der Waals surface area contributed by atoms with Gasteiger partial charge in [-0.1, -0.05) is 6.07 Å². The molecule has 0 N–H and O–H groups in total. The largest absolute Gasteiger partial charge is 0.437 e. The minimum absolute atomic E-state index is 0.591. The molecule has 0 spiro atoms. The van der Waals surface area contributed by atoms with E-state index in [0.29, 0.717) is 5.88 Å². The second-order valence-electron chi connectivity index (χ2n) is 4.27. The van der Waals surface area contributed by atoms with Gasteiger partial charge in [0.2, 0.25) is 5.88 Å². The number of aromatic nitrogens is 3. The van der Waals surface area contributed by atoms with Crippen LogP contribution in [0.3, 0.4) is 0 Å². The highest BCUT2D eigenvalue weighted by molar-refractivity contribution is 7.17. The molecule has 0 aliphatic carbocycles. The van der Waals surface area contributed by atoms with E-state index in [9.17, 15) is 0 Å². The second kappa shape index (κ2) is 4.54. The maximum Gasteiger partial charge on any atom is 0.240 e. The summed E-state index contributed by atoms with van der Waals surface area (Å²) < 4.78 is 6.85. The van der Waals surface area contributed by atoms with Gasteiger partial charge in [0.1, 0.15) is 16.8 Å². The molecule has 3 aromatic heterocycles. The Morgan fingerprint density at radius 1 is 0.950 bits per heavy atom. The van der Waals surface area contributed by atoms with Crippen LogP contribution in [0, 0.1) is 0 Å². The lowest BCUT2D eigenvalue weighted by Gasteiger charge is -2.06. The van der Waals surface area contributed by atoms with Crippen LogP contribution in [0.25, 0.3) is 21.1 Å². The fourth-order valence-corrected chi connectivity index (χ4v) is 2.84. The molecule has 4 rings (SSSR count). The van der Waals surface area contributed by atoms with Crippen molar-refractivity contribution >= 4 is 32.5 Å². The summed E-state index contributed by atoms with van der Waals surface area (Å²) in [5.41, 5.74) is 1.85. The van der Waals surface area contributed by atoms with E-state index < -0.39 is 0 Å². The molecule has 0 fully saturated rings. The Hall–Kier alpha value is -2.53. The van der Waals surface area contributed by atoms with E-state index >= 15 is 0 Å². The normalized spacial score (nSPS) is 11.0. The molecule has 4 aromatic rings. The maximum absolute atomic E-state index is 5.89. The first-order valence-corrected chi connectivity index (χ1v) is 6.99. The zero-order valence-electron chi connectivity index (χ0n) is 10.4. The predicted molar refractivity (Wildman–Crippen MR) is 79.2 cm³/mol. The van der Waals surface area contributed by atoms with Gasteiger partial charge >= 0.3 is 0 Å². The Morgan fingerprint density at radius 2 is 1.95 bits per heavy atom. The van der Waals surface area contributed by atoms with Crippen molar-refractivity contribution in [1.29, 1.82) is 0 Å². The number of pyridine rings is 1. The Kier molecular flexibility index (Phi) is 2.57. The smallest absolute Gasteiger partial charge is 0.240 e. The monoisotopic (exact) mass is 279 g/mol. The van der Waals surface area contributed by atoms with Crippen molar-refractivity contribution in [2.45, 2.75) is 0 Å². The van der Waals surface area contributed by atoms with Gasteiger partial charge in [0.25, 0.3) is 0 Å². The van der Waals surface area contributed by atoms with E-state index in [-0.39, 0.29) is 0 Å². The van der Waals surface area contributed by atoms with Gasteiger partial charge in [0.05, 0.1) is 11.0 Å². The number of rotatable bonds is 2. The molecule has 0 saturated carbocycles. The van der Waals surface area contributed by atoms with E-state index in [1.165, 1.54) is 6.33 Å². The Morgan fingerprint density at radius 3 is 2.95 bits per heavy atom. The fourth-order valence-electron chi connectivity index (χ4n) is 2.07. The summed E-state index contributed by atoms with van der Waals surface area (Å²) in [4.78, 5) is 12.7. The van der Waals surface area contributed by atoms with E-state index in [1.54, 1.807) is 17.5 Å². The molecule has 1 aromatic carbocycles. The van der Waals surface area contributed by atoms with Crippen LogP contribution >= 0.6 is 11.3 Å². The van der Waals surface area contributed by atoms with Crippen molar-refractivity contribution in [3.05, 3.63) is 54.3 Å². The third kappa shape index (κ3) is 1.88. The molecule has 0 atom stereocenters. The standard InChI is InChI=1S/C15H9N3OS/c1-2-10-8-11(3-4-12(10)16-6-1)19-15-14-13(5-7-20-14)17-9-18-15/h1-9H. The minimum atomic E-state index is 0.591. The molecule has 0 unspecified atom stereocenters. The lowest BCUT2D eigenvalue weighted by molar-refractivity contribution is 0.470. The molecule has 20 heavy (non-hydrogen) atoms. The zero-order valence-corrected chi connectivity index (χ0v) is 11.2. The van der Waals surface area contributed by atoms with Gasteiger partial charge in [0.15, 0.2) is 0 Å². The minimum Gasteiger partial charge on any atom is -0.437 e. The Bertz CT molecular complexity index is 904. The first kappa shape index (κ1) is 11.3. The van der Waals surface area contributed by atoms with Crippen LogP contribution in [0.4, 0.5) is 0 Å². The van der Waals surface area contributed by atoms with Crippen molar-refractivity contribution in [2.24, 2.45) is 0 Å². The highest BCUT2D eigenvalue weighted by Gasteiger charge is 2.07. The number of thiophene rings is 1. The third-order valence-corrected chi connectivity index (χ3v) is 3.89. The van der Waals surface area contributed by atoms with Crippen molar-refractivity contribution in [3.63, 3.8) is 0 Å². The van der Waals surface area contributed by atoms with E-state index in [0.717, 1.165) is 26.9 Å². The summed E-state index contributed by atoms with van der Waals surface area (Å²) in [5.74, 6) is 1.34. The van der Waals surface area contributed by atoms with Gasteiger partial charge in [-0.25, -0.2) is 9.97 Å². The van der Waals surface area contributed by atoms with Crippen molar-refractivity contribution in [3.8, 4) is 11.6 Å². The molecule has 96 valence electrons. The van der Waals surface area contributed by atoms with Gasteiger partial charge in [-0.15, -0.1) is 11.3 Å². The topological polar surface area (TPSA) is 47.9 Å². The second-order valence-corrected chi connectivity index (χ2v) is 5.19. The van der Waals surface area contributed by atoms with E-state index in [1.807, 2.05) is 41.8 Å². The van der Waals surface area contributed by atoms with Crippen LogP contribution in [-0.2, 0) is 0 Å². The highest BCUT2D eigenvalue weighted by Crippen LogP contribution is 2.31. The van der Waals surface area contributed by atoms with Crippen molar-refractivity contribution < 1.29 is 4.74 Å². The van der Waals surface area contributed by atoms with Gasteiger partial charge in [0, 0.05) is 11.6 Å². The van der Waals surface area contributed by atoms with E-state index in [4.69, 9.17) is 4.74 Å². The molecule has 0 amide bonds. The lowest BCUT2D eigenvalue weighted by Crippen LogP contribution is -1.89. The quantitative estimate of drug-likeness (QED) is 0.556. The number of hydrogen-bond donors (Lipinski definition) is 0. The summed E-state index contributed by atoms with van der Waals surface area (Å²) in [5, 5.41) is 3.03. The summed E-state index contributed by atoms with van der Waals surface area (Å²) in [6.07, 6.45) is 3.30. The fraction of sp³-hybridized carbons (Fsp3) is 0. The maximum atomic E-state index is 5.89. The predicted octanol–water partition coefficient (Wildman–Crippen LogP) is 4.03. The van der Waals surface area contributed by atoms with Gasteiger partial charge in [-0.2, -0.15) is 0 Å². The first-order valence-electron chi connectivity index (χ1n) is 6.11. The van der Waals surface area contributed by atoms with Crippen LogP contribution in [0.1, 0.15) is 0 Å². The van der Waals surface area contributed by atoms with Gasteiger partial charge in [-0.3, -0.25) is 4.98 Å². The third-order valence-electron chi connectivity index (χ3n) is 3.00. The molecular weight excluding hydrogens is 270 g/mol. The molecule has 0 aliphatic heterocycles. The van der Waals surface area contributed by atoms with Crippen molar-refractivity contribution in [2.75, 3.05) is 0 Å². The van der Waals surface area contributed by atoms with Crippen LogP contribution < -0.4 is 4.74 Å². The molecule has 4 nitrogen and oxygen atoms in total. The summed E-state index contributed by atoms with van der Waals surface area (Å²) in [6.45, 7) is 0. The molecular formula is C15H9N3OS. The Labute approximate surface area is 118 Å². The number of hydrogen-bond acceptors (Lipinski definition) is 5. The Balaban J connectivity index is 1.78. The SMILES string of the molecule is c1cnc2ccc(Oc3ncnc4ccsc34)cc2c1. The summed E-state index contributed by atoms with van der Waals surface area (Å²) >= 11 is 1.57. The molecule has 0 saturated heterocycles. The average molecular weight is 279 g/mol. The number of nitrogens with zero attached hydrogens (tertiary/aromatic N) is 3. The molecule has 3 heterocycles. The molecule has 0 aliphatic rings. The van der Waals surface area contributed by atoms with Gasteiger partial charge < -0.3 is 4.74 Å². The molecule has 5 heteroatoms. The van der Waals surface area contributed by atoms with E-state index in [2.05, 4.69) is 15.0 Å². The average Bonchev–Trinajstić information content (AvgIpc) is 2.97. The molecule has 0 bridgehead atoms. The number of fused-ring (bicyclic) bond motifs is 2. The molecule has 0 radical (unpaired) electrons. The number of benzene rings is 1. The highest BCUT2D eigenvalue weighted by atomic mass is 32.1. The summed E-state index contributed by atoms with van der Waals surface area (Å²) in [7, 11) is 0. The first-order chi connectivity index (χ1) is 9.90. The summed E-state index contributed by atoms with van der Waals surface area (Å²) in [6, 6.07) is 11.7. The van der Waals surface area contributed by atoms with Crippen LogP contribution in [0.2, 0.25) is 0 Å². The van der Waals surface area contributed by atoms with Gasteiger partial charge in [-0.05, 0) is 35.7 Å². The van der Waals surface area contributed by atoms with Crippen molar-refractivity contribution in [1.82, 2.24) is 15.0 Å².